The van der Waals surface area contributed by atoms with Gasteiger partial charge in [-0.2, -0.15) is 0 Å². The maximum atomic E-state index is 11.0. The van der Waals surface area contributed by atoms with Crippen molar-refractivity contribution < 1.29 is 4.79 Å². The van der Waals surface area contributed by atoms with Crippen molar-refractivity contribution in [1.82, 2.24) is 14.4 Å². The summed E-state index contributed by atoms with van der Waals surface area (Å²) in [7, 11) is 0. The van der Waals surface area contributed by atoms with E-state index >= 15 is 0 Å². The van der Waals surface area contributed by atoms with Gasteiger partial charge < -0.3 is 10.1 Å². The summed E-state index contributed by atoms with van der Waals surface area (Å²) in [5, 5.41) is 6.23. The van der Waals surface area contributed by atoms with Crippen LogP contribution in [0.15, 0.2) is 23.8 Å². The lowest BCUT2D eigenvalue weighted by molar-refractivity contribution is -0.107. The molecule has 1 aliphatic carbocycles. The number of rotatable bonds is 5. The van der Waals surface area contributed by atoms with Crippen LogP contribution in [0.25, 0.3) is 16.2 Å². The van der Waals surface area contributed by atoms with E-state index in [0.29, 0.717) is 17.5 Å². The number of nitrogens with zero attached hydrogens (tertiary/aromatic N) is 3. The molecule has 1 fully saturated rings. The number of hydrogen-bond donors (Lipinski definition) is 1. The fourth-order valence-corrected chi connectivity index (χ4v) is 4.41. The lowest BCUT2D eigenvalue weighted by Gasteiger charge is -2.15. The quantitative estimate of drug-likeness (QED) is 0.692. The van der Waals surface area contributed by atoms with Crippen molar-refractivity contribution in [2.24, 2.45) is 0 Å². The van der Waals surface area contributed by atoms with Crippen LogP contribution < -0.4 is 5.32 Å². The monoisotopic (exact) mass is 360 g/mol. The third-order valence-electron chi connectivity index (χ3n) is 4.45. The largest absolute Gasteiger partial charge is 0.367 e. The summed E-state index contributed by atoms with van der Waals surface area (Å²) >= 11 is 7.89. The van der Waals surface area contributed by atoms with E-state index < -0.39 is 0 Å². The fourth-order valence-electron chi connectivity index (χ4n) is 3.30. The molecular weight excluding hydrogens is 344 g/mol. The molecule has 1 aliphatic rings. The Kier molecular flexibility index (Phi) is 4.24. The van der Waals surface area contributed by atoms with Crippen LogP contribution in [0.2, 0.25) is 5.02 Å². The molecule has 4 rings (SSSR count). The molecule has 124 valence electrons. The molecule has 3 aromatic rings. The van der Waals surface area contributed by atoms with Gasteiger partial charge >= 0.3 is 0 Å². The molecule has 24 heavy (non-hydrogen) atoms. The van der Waals surface area contributed by atoms with E-state index in [2.05, 4.69) is 14.7 Å². The van der Waals surface area contributed by atoms with Gasteiger partial charge in [-0.3, -0.25) is 9.38 Å². The minimum absolute atomic E-state index is 0.374. The highest BCUT2D eigenvalue weighted by Gasteiger charge is 2.23. The van der Waals surface area contributed by atoms with Gasteiger partial charge in [-0.25, -0.2) is 4.98 Å². The second kappa shape index (κ2) is 6.53. The second-order valence-corrected chi connectivity index (χ2v) is 7.25. The topological polar surface area (TPSA) is 59.3 Å². The number of fused-ring (bicyclic) bond motifs is 1. The molecule has 0 spiro atoms. The zero-order valence-electron chi connectivity index (χ0n) is 13.0. The second-order valence-electron chi connectivity index (χ2n) is 6.01. The van der Waals surface area contributed by atoms with E-state index in [1.54, 1.807) is 23.7 Å². The van der Waals surface area contributed by atoms with E-state index in [-0.39, 0.29) is 0 Å². The number of carbonyl (C=O) groups excluding carboxylic acids is 1. The highest BCUT2D eigenvalue weighted by atomic mass is 35.5. The zero-order valence-corrected chi connectivity index (χ0v) is 14.6. The molecule has 0 radical (unpaired) electrons. The normalized spacial score (nSPS) is 15.2. The first-order valence-corrected chi connectivity index (χ1v) is 9.32. The van der Waals surface area contributed by atoms with Crippen molar-refractivity contribution >= 4 is 40.0 Å². The van der Waals surface area contributed by atoms with Crippen LogP contribution in [-0.2, 0) is 11.2 Å². The third-order valence-corrected chi connectivity index (χ3v) is 5.63. The van der Waals surface area contributed by atoms with E-state index in [4.69, 9.17) is 16.6 Å². The summed E-state index contributed by atoms with van der Waals surface area (Å²) in [5.74, 6) is 0.933. The van der Waals surface area contributed by atoms with Gasteiger partial charge in [-0.05, 0) is 18.9 Å². The molecule has 5 nitrogen and oxygen atoms in total. The minimum Gasteiger partial charge on any atom is -0.367 e. The van der Waals surface area contributed by atoms with Gasteiger partial charge in [-0.1, -0.05) is 24.4 Å². The predicted molar refractivity (Wildman–Crippen MR) is 97.0 cm³/mol. The number of imidazole rings is 1. The van der Waals surface area contributed by atoms with Crippen molar-refractivity contribution in [3.05, 3.63) is 34.6 Å². The molecule has 0 bridgehead atoms. The molecule has 0 aromatic carbocycles. The van der Waals surface area contributed by atoms with Crippen molar-refractivity contribution in [1.29, 1.82) is 0 Å². The Morgan fingerprint density at radius 1 is 1.42 bits per heavy atom. The average Bonchev–Trinajstić information content (AvgIpc) is 3.28. The van der Waals surface area contributed by atoms with Crippen LogP contribution in [0.3, 0.4) is 0 Å². The van der Waals surface area contributed by atoms with Crippen molar-refractivity contribution in [3.63, 3.8) is 0 Å². The predicted octanol–water partition coefficient (Wildman–Crippen LogP) is 4.21. The van der Waals surface area contributed by atoms with Crippen molar-refractivity contribution in [2.45, 2.75) is 38.1 Å². The first-order valence-electron chi connectivity index (χ1n) is 8.07. The molecule has 0 atom stereocenters. The molecule has 3 aromatic heterocycles. The van der Waals surface area contributed by atoms with Gasteiger partial charge in [0.25, 0.3) is 0 Å². The lowest BCUT2D eigenvalue weighted by Crippen LogP contribution is -2.17. The third kappa shape index (κ3) is 2.70. The molecule has 1 saturated carbocycles. The molecule has 0 unspecified atom stereocenters. The Bertz CT molecular complexity index is 882. The summed E-state index contributed by atoms with van der Waals surface area (Å²) in [6.45, 7) is 0. The van der Waals surface area contributed by atoms with Crippen LogP contribution in [-0.4, -0.2) is 26.7 Å². The molecule has 7 heteroatoms. The number of thiazole rings is 1. The van der Waals surface area contributed by atoms with Crippen LogP contribution in [0.1, 0.15) is 31.4 Å². The first kappa shape index (κ1) is 15.6. The Balaban J connectivity index is 1.88. The Morgan fingerprint density at radius 2 is 2.25 bits per heavy atom. The number of aldehydes is 1. The highest BCUT2D eigenvalue weighted by molar-refractivity contribution is 7.15. The van der Waals surface area contributed by atoms with Gasteiger partial charge in [-0.15, -0.1) is 11.3 Å². The summed E-state index contributed by atoms with van der Waals surface area (Å²) in [6.07, 6.45) is 9.47. The van der Waals surface area contributed by atoms with Crippen LogP contribution in [0.4, 0.5) is 5.82 Å². The summed E-state index contributed by atoms with van der Waals surface area (Å²) in [5.41, 5.74) is 2.64. The number of aromatic nitrogens is 3. The fraction of sp³-hybridized carbons (Fsp3) is 0.353. The van der Waals surface area contributed by atoms with Crippen molar-refractivity contribution in [2.75, 3.05) is 5.32 Å². The number of hydrogen-bond acceptors (Lipinski definition) is 5. The Morgan fingerprint density at radius 3 is 3.00 bits per heavy atom. The number of carbonyl (C=O) groups is 1. The van der Waals surface area contributed by atoms with E-state index in [9.17, 15) is 4.79 Å². The van der Waals surface area contributed by atoms with Crippen LogP contribution >= 0.6 is 22.9 Å². The number of pyridine rings is 1. The standard InChI is InChI=1S/C17H17ClN4OS/c18-14-9-19-7-5-13(14)15-16(20-11-3-1-2-4-11)22-12(6-8-23)10-24-17(22)21-15/h5,7-11,20H,1-4,6H2. The Labute approximate surface area is 148 Å². The van der Waals surface area contributed by atoms with E-state index in [0.717, 1.165) is 46.9 Å². The van der Waals surface area contributed by atoms with Crippen LogP contribution in [0, 0.1) is 0 Å². The van der Waals surface area contributed by atoms with Gasteiger partial charge in [0.1, 0.15) is 17.8 Å². The van der Waals surface area contributed by atoms with E-state index in [1.165, 1.54) is 12.8 Å². The molecule has 0 amide bonds. The molecule has 0 aliphatic heterocycles. The zero-order chi connectivity index (χ0) is 16.5. The van der Waals surface area contributed by atoms with E-state index in [1.807, 2.05) is 11.4 Å². The van der Waals surface area contributed by atoms with Gasteiger partial charge in [0.2, 0.25) is 0 Å². The van der Waals surface area contributed by atoms with Gasteiger partial charge in [0, 0.05) is 41.5 Å². The van der Waals surface area contributed by atoms with Crippen LogP contribution in [0.5, 0.6) is 0 Å². The Hall–Kier alpha value is -1.92. The summed E-state index contributed by atoms with van der Waals surface area (Å²) < 4.78 is 2.06. The molecule has 3 heterocycles. The SMILES string of the molecule is O=CCc1csc2nc(-c3ccncc3Cl)c(NC3CCCC3)n12. The average molecular weight is 361 g/mol. The number of halogens is 1. The smallest absolute Gasteiger partial charge is 0.196 e. The maximum absolute atomic E-state index is 11.0. The first-order chi connectivity index (χ1) is 11.8. The number of nitrogens with one attached hydrogen (secondary N) is 1. The van der Waals surface area contributed by atoms with Crippen molar-refractivity contribution in [3.8, 4) is 11.3 Å². The maximum Gasteiger partial charge on any atom is 0.196 e. The molecule has 1 N–H and O–H groups in total. The summed E-state index contributed by atoms with van der Waals surface area (Å²) in [4.78, 5) is 20.7. The minimum atomic E-state index is 0.374. The molecular formula is C17H17ClN4OS. The number of anilines is 1. The highest BCUT2D eigenvalue weighted by Crippen LogP contribution is 2.37. The van der Waals surface area contributed by atoms with Gasteiger partial charge in [0.15, 0.2) is 4.96 Å². The summed E-state index contributed by atoms with van der Waals surface area (Å²) in [6, 6.07) is 2.32. The lowest BCUT2D eigenvalue weighted by atomic mass is 10.2. The van der Waals surface area contributed by atoms with Gasteiger partial charge in [0.05, 0.1) is 5.02 Å². The molecule has 0 saturated heterocycles.